The predicted molar refractivity (Wildman–Crippen MR) is 93.4 cm³/mol. The molecule has 0 aliphatic heterocycles. The van der Waals surface area contributed by atoms with Crippen LogP contribution in [0, 0.1) is 6.92 Å². The number of carbonyl (C=O) groups is 2. The number of carbonyl (C=O) groups excluding carboxylic acids is 2. The Bertz CT molecular complexity index is 702. The van der Waals surface area contributed by atoms with E-state index in [1.165, 1.54) is 0 Å². The summed E-state index contributed by atoms with van der Waals surface area (Å²) >= 11 is 13.7. The monoisotopic (exact) mass is 371 g/mol. The molecule has 1 aromatic heterocycles. The summed E-state index contributed by atoms with van der Waals surface area (Å²) < 4.78 is 4.95. The summed E-state index contributed by atoms with van der Waals surface area (Å²) in [6.07, 6.45) is 0.829. The second-order valence-electron chi connectivity index (χ2n) is 4.89. The van der Waals surface area contributed by atoms with Gasteiger partial charge in [-0.3, -0.25) is 9.59 Å². The number of rotatable bonds is 6. The van der Waals surface area contributed by atoms with Crippen molar-refractivity contribution in [3.05, 3.63) is 50.1 Å². The average Bonchev–Trinajstić information content (AvgIpc) is 3.04. The Morgan fingerprint density at radius 3 is 2.74 bits per heavy atom. The summed E-state index contributed by atoms with van der Waals surface area (Å²) in [6, 6.07) is 5.35. The number of amides is 1. The van der Waals surface area contributed by atoms with Crippen LogP contribution in [0.2, 0.25) is 10.0 Å². The third kappa shape index (κ3) is 5.23. The van der Waals surface area contributed by atoms with Crippen molar-refractivity contribution in [2.45, 2.75) is 19.8 Å². The van der Waals surface area contributed by atoms with Crippen molar-refractivity contribution in [3.63, 3.8) is 0 Å². The number of nitrogens with one attached hydrogen (secondary N) is 1. The molecule has 1 heterocycles. The molecule has 0 aliphatic carbocycles. The first-order chi connectivity index (χ1) is 11.0. The number of thiophene rings is 1. The topological polar surface area (TPSA) is 55.4 Å². The molecular weight excluding hydrogens is 357 g/mol. The molecule has 23 heavy (non-hydrogen) atoms. The SMILES string of the molecule is Cc1ccc(Cl)c(NC(=O)COC(=O)CCc2ccsc2)c1Cl. The number of halogens is 2. The number of hydrogen-bond acceptors (Lipinski definition) is 4. The zero-order chi connectivity index (χ0) is 16.8. The lowest BCUT2D eigenvalue weighted by molar-refractivity contribution is -0.147. The fourth-order valence-electron chi connectivity index (χ4n) is 1.85. The van der Waals surface area contributed by atoms with Gasteiger partial charge in [0.1, 0.15) is 0 Å². The molecule has 122 valence electrons. The molecular formula is C16H15Cl2NO3S. The first-order valence-corrected chi connectivity index (χ1v) is 8.58. The summed E-state index contributed by atoms with van der Waals surface area (Å²) in [5.41, 5.74) is 2.20. The van der Waals surface area contributed by atoms with Gasteiger partial charge in [0.2, 0.25) is 0 Å². The van der Waals surface area contributed by atoms with E-state index in [0.717, 1.165) is 11.1 Å². The van der Waals surface area contributed by atoms with Gasteiger partial charge in [0, 0.05) is 6.42 Å². The maximum absolute atomic E-state index is 11.9. The smallest absolute Gasteiger partial charge is 0.306 e. The Balaban J connectivity index is 1.81. The van der Waals surface area contributed by atoms with Crippen molar-refractivity contribution < 1.29 is 14.3 Å². The highest BCUT2D eigenvalue weighted by atomic mass is 35.5. The van der Waals surface area contributed by atoms with Gasteiger partial charge in [0.05, 0.1) is 15.7 Å². The van der Waals surface area contributed by atoms with E-state index in [0.29, 0.717) is 22.2 Å². The van der Waals surface area contributed by atoms with E-state index >= 15 is 0 Å². The summed E-state index contributed by atoms with van der Waals surface area (Å²) in [5, 5.41) is 7.19. The molecule has 0 radical (unpaired) electrons. The van der Waals surface area contributed by atoms with Crippen LogP contribution in [-0.4, -0.2) is 18.5 Å². The van der Waals surface area contributed by atoms with E-state index in [2.05, 4.69) is 5.32 Å². The average molecular weight is 372 g/mol. The summed E-state index contributed by atoms with van der Waals surface area (Å²) in [6.45, 7) is 1.43. The first-order valence-electron chi connectivity index (χ1n) is 6.88. The van der Waals surface area contributed by atoms with Crippen molar-refractivity contribution in [1.29, 1.82) is 0 Å². The highest BCUT2D eigenvalue weighted by Gasteiger charge is 2.13. The van der Waals surface area contributed by atoms with Gasteiger partial charge in [-0.2, -0.15) is 11.3 Å². The molecule has 0 saturated carbocycles. The van der Waals surface area contributed by atoms with Gasteiger partial charge >= 0.3 is 5.97 Å². The van der Waals surface area contributed by atoms with Crippen molar-refractivity contribution >= 4 is 52.1 Å². The molecule has 0 unspecified atom stereocenters. The molecule has 1 aromatic carbocycles. The van der Waals surface area contributed by atoms with Crippen LogP contribution in [0.3, 0.4) is 0 Å². The molecule has 7 heteroatoms. The van der Waals surface area contributed by atoms with Crippen molar-refractivity contribution in [2.75, 3.05) is 11.9 Å². The number of aryl methyl sites for hydroxylation is 2. The van der Waals surface area contributed by atoms with Gasteiger partial charge in [-0.05, 0) is 47.4 Å². The molecule has 0 spiro atoms. The molecule has 1 amide bonds. The Labute approximate surface area is 148 Å². The second kappa shape index (κ2) is 8.34. The normalized spacial score (nSPS) is 10.4. The minimum absolute atomic E-state index is 0.232. The fourth-order valence-corrected chi connectivity index (χ4v) is 3.01. The van der Waals surface area contributed by atoms with Crippen molar-refractivity contribution in [2.24, 2.45) is 0 Å². The quantitative estimate of drug-likeness (QED) is 0.761. The lowest BCUT2D eigenvalue weighted by Crippen LogP contribution is -2.21. The van der Waals surface area contributed by atoms with Gasteiger partial charge < -0.3 is 10.1 Å². The minimum Gasteiger partial charge on any atom is -0.456 e. The highest BCUT2D eigenvalue weighted by Crippen LogP contribution is 2.32. The summed E-state index contributed by atoms with van der Waals surface area (Å²) in [5.74, 6) is -0.906. The van der Waals surface area contributed by atoms with Crippen molar-refractivity contribution in [3.8, 4) is 0 Å². The molecule has 0 saturated heterocycles. The van der Waals surface area contributed by atoms with Crippen LogP contribution >= 0.6 is 34.5 Å². The zero-order valence-corrected chi connectivity index (χ0v) is 14.7. The number of hydrogen-bond donors (Lipinski definition) is 1. The fraction of sp³-hybridized carbons (Fsp3) is 0.250. The van der Waals surface area contributed by atoms with Crippen LogP contribution in [0.1, 0.15) is 17.5 Å². The molecule has 0 aliphatic rings. The molecule has 1 N–H and O–H groups in total. The number of anilines is 1. The summed E-state index contributed by atoms with van der Waals surface area (Å²) in [7, 11) is 0. The maximum atomic E-state index is 11.9. The third-order valence-electron chi connectivity index (χ3n) is 3.11. The van der Waals surface area contributed by atoms with E-state index in [1.54, 1.807) is 30.4 Å². The van der Waals surface area contributed by atoms with Crippen LogP contribution in [0.25, 0.3) is 0 Å². The Hall–Kier alpha value is -1.56. The van der Waals surface area contributed by atoms with Gasteiger partial charge in [-0.25, -0.2) is 0 Å². The van der Waals surface area contributed by atoms with E-state index in [1.807, 2.05) is 16.8 Å². The minimum atomic E-state index is -0.483. The standard InChI is InChI=1S/C16H15Cl2NO3S/c1-10-2-4-12(17)16(15(10)18)19-13(20)8-22-14(21)5-3-11-6-7-23-9-11/h2,4,6-7,9H,3,5,8H2,1H3,(H,19,20). The number of ether oxygens (including phenoxy) is 1. The Morgan fingerprint density at radius 2 is 2.04 bits per heavy atom. The van der Waals surface area contributed by atoms with E-state index in [4.69, 9.17) is 27.9 Å². The molecule has 0 atom stereocenters. The number of esters is 1. The Kier molecular flexibility index (Phi) is 6.45. The molecule has 0 bridgehead atoms. The lowest BCUT2D eigenvalue weighted by atomic mass is 10.2. The highest BCUT2D eigenvalue weighted by molar-refractivity contribution is 7.07. The van der Waals surface area contributed by atoms with Crippen LogP contribution in [0.15, 0.2) is 29.0 Å². The first kappa shape index (κ1) is 17.8. The maximum Gasteiger partial charge on any atom is 0.306 e. The predicted octanol–water partition coefficient (Wildman–Crippen LogP) is 4.48. The molecule has 0 fully saturated rings. The van der Waals surface area contributed by atoms with Gasteiger partial charge in [-0.15, -0.1) is 0 Å². The van der Waals surface area contributed by atoms with Gasteiger partial charge in [0.15, 0.2) is 6.61 Å². The van der Waals surface area contributed by atoms with Crippen molar-refractivity contribution in [1.82, 2.24) is 0 Å². The second-order valence-corrected chi connectivity index (χ2v) is 6.46. The van der Waals surface area contributed by atoms with Crippen LogP contribution in [-0.2, 0) is 20.7 Å². The largest absolute Gasteiger partial charge is 0.456 e. The van der Waals surface area contributed by atoms with E-state index in [-0.39, 0.29) is 13.0 Å². The third-order valence-corrected chi connectivity index (χ3v) is 4.64. The van der Waals surface area contributed by atoms with Crippen LogP contribution < -0.4 is 5.32 Å². The van der Waals surface area contributed by atoms with E-state index in [9.17, 15) is 9.59 Å². The van der Waals surface area contributed by atoms with E-state index < -0.39 is 11.9 Å². The molecule has 2 aromatic rings. The summed E-state index contributed by atoms with van der Waals surface area (Å²) in [4.78, 5) is 23.5. The zero-order valence-electron chi connectivity index (χ0n) is 12.4. The van der Waals surface area contributed by atoms with Crippen LogP contribution in [0.5, 0.6) is 0 Å². The van der Waals surface area contributed by atoms with Gasteiger partial charge in [-0.1, -0.05) is 29.3 Å². The lowest BCUT2D eigenvalue weighted by Gasteiger charge is -2.11. The van der Waals surface area contributed by atoms with Gasteiger partial charge in [0.25, 0.3) is 5.91 Å². The Morgan fingerprint density at radius 1 is 1.26 bits per heavy atom. The molecule has 2 rings (SSSR count). The molecule has 4 nitrogen and oxygen atoms in total. The number of benzene rings is 1. The van der Waals surface area contributed by atoms with Crippen LogP contribution in [0.4, 0.5) is 5.69 Å².